The minimum Gasteiger partial charge on any atom is -0.506 e. The molecule has 1 fully saturated rings. The molecular formula is C49H52N4O8. The number of carbonyl (C=O) groups is 2. The quantitative estimate of drug-likeness (QED) is 0.0450. The van der Waals surface area contributed by atoms with E-state index >= 15 is 0 Å². The first kappa shape index (κ1) is 42.8. The Kier molecular flexibility index (Phi) is 14.2. The number of carbonyl (C=O) groups excluding carboxylic acids is 2. The fourth-order valence-electron chi connectivity index (χ4n) is 7.70. The molecular weight excluding hydrogens is 773 g/mol. The third kappa shape index (κ3) is 10.9. The minimum atomic E-state index is -2.04. The van der Waals surface area contributed by atoms with E-state index < -0.39 is 17.7 Å². The molecule has 12 nitrogen and oxygen atoms in total. The molecule has 7 rings (SSSR count). The van der Waals surface area contributed by atoms with E-state index in [9.17, 15) is 29.7 Å². The molecule has 2 atom stereocenters. The van der Waals surface area contributed by atoms with Crippen molar-refractivity contribution < 1.29 is 34.4 Å². The summed E-state index contributed by atoms with van der Waals surface area (Å²) in [6, 6.07) is 39.2. The first-order chi connectivity index (χ1) is 29.7. The van der Waals surface area contributed by atoms with Gasteiger partial charge in [0.05, 0.1) is 24.8 Å². The number of amides is 1. The van der Waals surface area contributed by atoms with Gasteiger partial charge in [-0.15, -0.1) is 0 Å². The van der Waals surface area contributed by atoms with Crippen molar-refractivity contribution in [3.8, 4) is 11.5 Å². The van der Waals surface area contributed by atoms with Crippen molar-refractivity contribution >= 4 is 22.8 Å². The summed E-state index contributed by atoms with van der Waals surface area (Å²) in [6.45, 7) is 4.29. The normalized spacial score (nSPS) is 14.9. The van der Waals surface area contributed by atoms with Gasteiger partial charge in [-0.25, -0.2) is 4.79 Å². The van der Waals surface area contributed by atoms with E-state index in [1.807, 2.05) is 24.3 Å². The Bertz CT molecular complexity index is 2440. The Morgan fingerprint density at radius 3 is 2.31 bits per heavy atom. The van der Waals surface area contributed by atoms with E-state index in [1.54, 1.807) is 72.8 Å². The largest absolute Gasteiger partial charge is 0.506 e. The Labute approximate surface area is 354 Å². The second-order valence-electron chi connectivity index (χ2n) is 15.5. The maximum Gasteiger partial charge on any atom is 0.347 e. The van der Waals surface area contributed by atoms with Gasteiger partial charge < -0.3 is 40.4 Å². The van der Waals surface area contributed by atoms with Crippen molar-refractivity contribution in [2.75, 3.05) is 39.4 Å². The summed E-state index contributed by atoms with van der Waals surface area (Å²) in [5.74, 6) is -0.341. The lowest BCUT2D eigenvalue weighted by Crippen LogP contribution is -2.40. The van der Waals surface area contributed by atoms with Gasteiger partial charge in [-0.3, -0.25) is 14.5 Å². The standard InChI is InChI=1S/C49H52N4O8/c54-43-21-19-41(42-20-22-45(56)52-46(42)43)44(55)31-50-30-34-15-17-37(18-16-34)47(57)51-25-8-28-60-40-14-7-13-39(29-40)49(59,38-11-5-2-6-12-38)48(58)61-33-36-23-26-53(27-24-36)32-35-9-3-1-4-10-35/h1-7,9-22,29,36,44,50,54-55,59H,8,23-28,30-33H2,(H,51,57)(H,52,56)/t44-,49-/m0/s1. The van der Waals surface area contributed by atoms with Crippen LogP contribution in [0.2, 0.25) is 0 Å². The lowest BCUT2D eigenvalue weighted by molar-refractivity contribution is -0.164. The summed E-state index contributed by atoms with van der Waals surface area (Å²) in [5, 5.41) is 39.8. The van der Waals surface area contributed by atoms with Gasteiger partial charge in [-0.1, -0.05) is 91.0 Å². The third-order valence-corrected chi connectivity index (χ3v) is 11.2. The van der Waals surface area contributed by atoms with Crippen molar-refractivity contribution in [3.05, 3.63) is 177 Å². The highest BCUT2D eigenvalue weighted by molar-refractivity contribution is 5.94. The van der Waals surface area contributed by atoms with E-state index in [4.69, 9.17) is 9.47 Å². The van der Waals surface area contributed by atoms with Crippen LogP contribution in [0.25, 0.3) is 10.9 Å². The van der Waals surface area contributed by atoms with E-state index in [1.165, 1.54) is 17.7 Å². The van der Waals surface area contributed by atoms with Crippen LogP contribution in [0.4, 0.5) is 0 Å². The number of aromatic amines is 1. The van der Waals surface area contributed by atoms with E-state index in [0.29, 0.717) is 52.9 Å². The molecule has 1 aliphatic rings. The monoisotopic (exact) mass is 824 g/mol. The number of ether oxygens (including phenoxy) is 2. The number of piperidine rings is 1. The van der Waals surface area contributed by atoms with Gasteiger partial charge in [0.2, 0.25) is 11.2 Å². The number of likely N-dealkylation sites (tertiary alicyclic amines) is 1. The first-order valence-electron chi connectivity index (χ1n) is 20.7. The number of phenolic OH excluding ortho intramolecular Hbond substituents is 1. The molecule has 0 bridgehead atoms. The number of esters is 1. The number of rotatable bonds is 18. The van der Waals surface area contributed by atoms with Crippen molar-refractivity contribution in [1.29, 1.82) is 0 Å². The predicted octanol–water partition coefficient (Wildman–Crippen LogP) is 5.95. The Hall–Kier alpha value is -6.31. The van der Waals surface area contributed by atoms with E-state index in [0.717, 1.165) is 38.0 Å². The number of nitrogens with one attached hydrogen (secondary N) is 3. The summed E-state index contributed by atoms with van der Waals surface area (Å²) in [4.78, 5) is 43.4. The lowest BCUT2D eigenvalue weighted by Gasteiger charge is -2.33. The van der Waals surface area contributed by atoms with Crippen LogP contribution in [0.5, 0.6) is 11.5 Å². The van der Waals surface area contributed by atoms with Crippen LogP contribution in [0.1, 0.15) is 63.5 Å². The van der Waals surface area contributed by atoms with Crippen LogP contribution in [-0.4, -0.2) is 76.5 Å². The molecule has 6 aromatic rings. The molecule has 1 saturated heterocycles. The van der Waals surface area contributed by atoms with Crippen LogP contribution >= 0.6 is 0 Å². The highest BCUT2D eigenvalue weighted by atomic mass is 16.5. The molecule has 12 heteroatoms. The molecule has 0 unspecified atom stereocenters. The summed E-state index contributed by atoms with van der Waals surface area (Å²) in [7, 11) is 0. The highest BCUT2D eigenvalue weighted by Gasteiger charge is 2.42. The van der Waals surface area contributed by atoms with E-state index in [-0.39, 0.29) is 48.4 Å². The maximum atomic E-state index is 13.8. The molecule has 0 aliphatic carbocycles. The average molecular weight is 825 g/mol. The van der Waals surface area contributed by atoms with Gasteiger partial charge in [0.1, 0.15) is 11.5 Å². The molecule has 61 heavy (non-hydrogen) atoms. The topological polar surface area (TPSA) is 173 Å². The molecule has 1 aromatic heterocycles. The van der Waals surface area contributed by atoms with Crippen LogP contribution in [-0.2, 0) is 28.2 Å². The highest BCUT2D eigenvalue weighted by Crippen LogP contribution is 2.34. The number of H-pyrrole nitrogens is 1. The number of benzene rings is 5. The van der Waals surface area contributed by atoms with Crippen LogP contribution in [0.15, 0.2) is 138 Å². The Balaban J connectivity index is 0.855. The molecule has 1 aliphatic heterocycles. The fraction of sp³-hybridized carbons (Fsp3) is 0.286. The first-order valence-corrected chi connectivity index (χ1v) is 20.7. The minimum absolute atomic E-state index is 0.0670. The smallest absolute Gasteiger partial charge is 0.347 e. The summed E-state index contributed by atoms with van der Waals surface area (Å²) in [6.07, 6.45) is 1.44. The number of aliphatic hydroxyl groups excluding tert-OH is 1. The number of pyridine rings is 1. The summed E-state index contributed by atoms with van der Waals surface area (Å²) < 4.78 is 11.9. The predicted molar refractivity (Wildman–Crippen MR) is 233 cm³/mol. The number of nitrogens with zero attached hydrogens (tertiary/aromatic N) is 1. The number of hydrogen-bond acceptors (Lipinski definition) is 10. The lowest BCUT2D eigenvalue weighted by atomic mass is 9.86. The number of aromatic hydroxyl groups is 1. The van der Waals surface area contributed by atoms with Crippen molar-refractivity contribution in [1.82, 2.24) is 20.5 Å². The number of aliphatic hydroxyl groups is 2. The van der Waals surface area contributed by atoms with Gasteiger partial charge in [0.15, 0.2) is 0 Å². The number of aromatic nitrogens is 1. The summed E-state index contributed by atoms with van der Waals surface area (Å²) >= 11 is 0. The second kappa shape index (κ2) is 20.3. The molecule has 0 saturated carbocycles. The van der Waals surface area contributed by atoms with Crippen LogP contribution < -0.4 is 20.9 Å². The molecule has 316 valence electrons. The molecule has 1 amide bonds. The molecule has 0 spiro atoms. The molecule has 6 N–H and O–H groups in total. The van der Waals surface area contributed by atoms with Gasteiger partial charge in [0, 0.05) is 48.8 Å². The van der Waals surface area contributed by atoms with Gasteiger partial charge in [-0.2, -0.15) is 0 Å². The SMILES string of the molecule is O=C(NCCCOc1cccc([C@](O)(C(=O)OCC2CCN(Cc3ccccc3)CC2)c2ccccc2)c1)c1ccc(CNC[C@H](O)c2ccc(O)c3[nH]c(=O)ccc23)cc1. The second-order valence-corrected chi connectivity index (χ2v) is 15.5. The molecule has 2 heterocycles. The van der Waals surface area contributed by atoms with Crippen molar-refractivity contribution in [2.24, 2.45) is 5.92 Å². The zero-order chi connectivity index (χ0) is 42.6. The fourth-order valence-corrected chi connectivity index (χ4v) is 7.70. The zero-order valence-electron chi connectivity index (χ0n) is 34.0. The zero-order valence-corrected chi connectivity index (χ0v) is 34.0. The molecule has 5 aromatic carbocycles. The van der Waals surface area contributed by atoms with E-state index in [2.05, 4.69) is 44.8 Å². The average Bonchev–Trinajstić information content (AvgIpc) is 3.29. The summed E-state index contributed by atoms with van der Waals surface area (Å²) in [5.41, 5.74) is 1.92. The van der Waals surface area contributed by atoms with Crippen LogP contribution in [0.3, 0.4) is 0 Å². The van der Waals surface area contributed by atoms with Crippen molar-refractivity contribution in [3.63, 3.8) is 0 Å². The Morgan fingerprint density at radius 1 is 0.836 bits per heavy atom. The number of phenols is 1. The van der Waals surface area contributed by atoms with Crippen molar-refractivity contribution in [2.45, 2.75) is 44.1 Å². The molecule has 0 radical (unpaired) electrons. The third-order valence-electron chi connectivity index (χ3n) is 11.2. The number of fused-ring (bicyclic) bond motifs is 1. The van der Waals surface area contributed by atoms with Gasteiger partial charge in [0.25, 0.3) is 5.91 Å². The van der Waals surface area contributed by atoms with Gasteiger partial charge in [-0.05, 0) is 96.9 Å². The van der Waals surface area contributed by atoms with Gasteiger partial charge >= 0.3 is 5.97 Å². The number of hydrogen-bond donors (Lipinski definition) is 6. The van der Waals surface area contributed by atoms with Crippen LogP contribution in [0, 0.1) is 5.92 Å². The Morgan fingerprint density at radius 2 is 1.56 bits per heavy atom. The maximum absolute atomic E-state index is 13.8.